The molecule has 1 rings (SSSR count). The maximum absolute atomic E-state index is 11.0. The fraction of sp³-hybridized carbons (Fsp3) is 0.200. The van der Waals surface area contributed by atoms with Gasteiger partial charge in [-0.15, -0.1) is 0 Å². The van der Waals surface area contributed by atoms with Crippen LogP contribution in [-0.2, 0) is 4.74 Å². The van der Waals surface area contributed by atoms with Crippen LogP contribution >= 0.6 is 0 Å². The maximum Gasteiger partial charge on any atom is 0.513 e. The van der Waals surface area contributed by atoms with Gasteiger partial charge in [-0.3, -0.25) is 4.79 Å². The molecular weight excluding hydrogens is 184 g/mol. The van der Waals surface area contributed by atoms with E-state index in [-0.39, 0.29) is 5.78 Å². The van der Waals surface area contributed by atoms with Crippen LogP contribution in [-0.4, -0.2) is 19.0 Å². The maximum atomic E-state index is 11.0. The second-order valence-corrected chi connectivity index (χ2v) is 2.64. The number of methoxy groups -OCH3 is 1. The number of hydrogen-bond acceptors (Lipinski definition) is 4. The molecule has 0 radical (unpaired) electrons. The van der Waals surface area contributed by atoms with E-state index in [4.69, 9.17) is 4.74 Å². The molecule has 0 amide bonds. The number of rotatable bonds is 2. The molecule has 0 fully saturated rings. The van der Waals surface area contributed by atoms with Gasteiger partial charge in [-0.05, 0) is 19.1 Å². The molecule has 0 aliphatic carbocycles. The summed E-state index contributed by atoms with van der Waals surface area (Å²) in [5.74, 6) is 0.213. The van der Waals surface area contributed by atoms with E-state index in [2.05, 4.69) is 4.74 Å². The van der Waals surface area contributed by atoms with Crippen molar-refractivity contribution < 1.29 is 19.1 Å². The highest BCUT2D eigenvalue weighted by molar-refractivity contribution is 5.94. The van der Waals surface area contributed by atoms with Crippen molar-refractivity contribution in [3.05, 3.63) is 29.8 Å². The van der Waals surface area contributed by atoms with Gasteiger partial charge < -0.3 is 9.47 Å². The van der Waals surface area contributed by atoms with Crippen LogP contribution in [0.15, 0.2) is 24.3 Å². The summed E-state index contributed by atoms with van der Waals surface area (Å²) in [6.07, 6.45) is -0.800. The first-order chi connectivity index (χ1) is 6.63. The second-order valence-electron chi connectivity index (χ2n) is 2.64. The molecule has 0 unspecified atom stereocenters. The fourth-order valence-corrected chi connectivity index (χ4v) is 0.916. The minimum atomic E-state index is -0.800. The van der Waals surface area contributed by atoms with Gasteiger partial charge in [0.15, 0.2) is 5.78 Å². The number of ether oxygens (including phenoxy) is 2. The molecule has 1 aromatic rings. The van der Waals surface area contributed by atoms with Crippen molar-refractivity contribution in [2.24, 2.45) is 0 Å². The predicted octanol–water partition coefficient (Wildman–Crippen LogP) is 2.03. The lowest BCUT2D eigenvalue weighted by atomic mass is 10.1. The number of hydrogen-bond donors (Lipinski definition) is 0. The lowest BCUT2D eigenvalue weighted by molar-refractivity contribution is 0.101. The molecule has 74 valence electrons. The Labute approximate surface area is 81.4 Å². The Morgan fingerprint density at radius 2 is 2.00 bits per heavy atom. The van der Waals surface area contributed by atoms with Crippen LogP contribution in [0.3, 0.4) is 0 Å². The first-order valence-corrected chi connectivity index (χ1v) is 4.00. The molecule has 0 aliphatic heterocycles. The number of carbonyl (C=O) groups excluding carboxylic acids is 2. The van der Waals surface area contributed by atoms with E-state index in [1.165, 1.54) is 20.1 Å². The quantitative estimate of drug-likeness (QED) is 0.410. The zero-order valence-electron chi connectivity index (χ0n) is 7.94. The standard InChI is InChI=1S/C10H10O4/c1-7(11)8-4-3-5-9(6-8)14-10(12)13-2/h3-6H,1-2H3. The van der Waals surface area contributed by atoms with Crippen LogP contribution in [0.2, 0.25) is 0 Å². The molecule has 0 saturated heterocycles. The SMILES string of the molecule is COC(=O)Oc1cccc(C(C)=O)c1. The molecule has 14 heavy (non-hydrogen) atoms. The lowest BCUT2D eigenvalue weighted by Gasteiger charge is -2.02. The molecule has 1 aromatic carbocycles. The van der Waals surface area contributed by atoms with Crippen molar-refractivity contribution in [1.82, 2.24) is 0 Å². The van der Waals surface area contributed by atoms with Gasteiger partial charge >= 0.3 is 6.16 Å². The van der Waals surface area contributed by atoms with Crippen molar-refractivity contribution >= 4 is 11.9 Å². The summed E-state index contributed by atoms with van der Waals surface area (Å²) in [6, 6.07) is 6.34. The van der Waals surface area contributed by atoms with E-state index in [0.717, 1.165) is 0 Å². The van der Waals surface area contributed by atoms with Crippen LogP contribution in [0.5, 0.6) is 5.75 Å². The number of Topliss-reactive ketones (excluding diaryl/α,β-unsaturated/α-hetero) is 1. The van der Waals surface area contributed by atoms with E-state index in [1.807, 2.05) is 0 Å². The topological polar surface area (TPSA) is 52.6 Å². The van der Waals surface area contributed by atoms with Crippen LogP contribution in [0, 0.1) is 0 Å². The van der Waals surface area contributed by atoms with E-state index in [0.29, 0.717) is 11.3 Å². The Kier molecular flexibility index (Phi) is 3.23. The molecular formula is C10H10O4. The monoisotopic (exact) mass is 194 g/mol. The molecule has 0 heterocycles. The molecule has 4 heteroatoms. The Balaban J connectivity index is 2.83. The molecule has 0 atom stereocenters. The highest BCUT2D eigenvalue weighted by atomic mass is 16.7. The lowest BCUT2D eigenvalue weighted by Crippen LogP contribution is -2.07. The summed E-state index contributed by atoms with van der Waals surface area (Å²) in [7, 11) is 1.22. The molecule has 0 aliphatic rings. The van der Waals surface area contributed by atoms with Gasteiger partial charge in [-0.2, -0.15) is 0 Å². The molecule has 4 nitrogen and oxygen atoms in total. The summed E-state index contributed by atoms with van der Waals surface area (Å²) in [5.41, 5.74) is 0.492. The predicted molar refractivity (Wildman–Crippen MR) is 49.5 cm³/mol. The van der Waals surface area contributed by atoms with Crippen molar-refractivity contribution in [3.63, 3.8) is 0 Å². The third-order valence-electron chi connectivity index (χ3n) is 1.61. The summed E-state index contributed by atoms with van der Waals surface area (Å²) in [5, 5.41) is 0. The highest BCUT2D eigenvalue weighted by Crippen LogP contribution is 2.14. The third kappa shape index (κ3) is 2.58. The summed E-state index contributed by atoms with van der Waals surface area (Å²) in [6.45, 7) is 1.44. The minimum absolute atomic E-state index is 0.0830. The molecule has 0 N–H and O–H groups in total. The van der Waals surface area contributed by atoms with Gasteiger partial charge in [0.25, 0.3) is 0 Å². The first-order valence-electron chi connectivity index (χ1n) is 4.00. The van der Waals surface area contributed by atoms with Gasteiger partial charge in [0, 0.05) is 5.56 Å². The van der Waals surface area contributed by atoms with Gasteiger partial charge in [0.2, 0.25) is 0 Å². The largest absolute Gasteiger partial charge is 0.513 e. The number of ketones is 1. The van der Waals surface area contributed by atoms with Gasteiger partial charge in [0.05, 0.1) is 7.11 Å². The van der Waals surface area contributed by atoms with Gasteiger partial charge in [0.1, 0.15) is 5.75 Å². The Hall–Kier alpha value is -1.84. The summed E-state index contributed by atoms with van der Waals surface area (Å²) in [4.78, 5) is 21.7. The average Bonchev–Trinajstić information content (AvgIpc) is 2.18. The zero-order chi connectivity index (χ0) is 10.6. The van der Waals surface area contributed by atoms with Crippen molar-refractivity contribution in [3.8, 4) is 5.75 Å². The van der Waals surface area contributed by atoms with Gasteiger partial charge in [-0.1, -0.05) is 12.1 Å². The normalized spacial score (nSPS) is 9.29. The van der Waals surface area contributed by atoms with E-state index in [9.17, 15) is 9.59 Å². The van der Waals surface area contributed by atoms with Crippen molar-refractivity contribution in [2.75, 3.05) is 7.11 Å². The second kappa shape index (κ2) is 4.41. The summed E-state index contributed by atoms with van der Waals surface area (Å²) < 4.78 is 9.05. The third-order valence-corrected chi connectivity index (χ3v) is 1.61. The zero-order valence-corrected chi connectivity index (χ0v) is 7.94. The molecule has 0 aromatic heterocycles. The first kappa shape index (κ1) is 10.2. The van der Waals surface area contributed by atoms with Crippen LogP contribution in [0.25, 0.3) is 0 Å². The summed E-state index contributed by atoms with van der Waals surface area (Å²) >= 11 is 0. The highest BCUT2D eigenvalue weighted by Gasteiger charge is 2.05. The molecule has 0 bridgehead atoms. The number of benzene rings is 1. The number of carbonyl (C=O) groups is 2. The minimum Gasteiger partial charge on any atom is -0.437 e. The van der Waals surface area contributed by atoms with E-state index >= 15 is 0 Å². The van der Waals surface area contributed by atoms with E-state index < -0.39 is 6.16 Å². The molecule has 0 spiro atoms. The van der Waals surface area contributed by atoms with Gasteiger partial charge in [-0.25, -0.2) is 4.79 Å². The van der Waals surface area contributed by atoms with Crippen LogP contribution < -0.4 is 4.74 Å². The Morgan fingerprint density at radius 1 is 1.29 bits per heavy atom. The molecule has 0 saturated carbocycles. The Bertz CT molecular complexity index is 357. The smallest absolute Gasteiger partial charge is 0.437 e. The van der Waals surface area contributed by atoms with E-state index in [1.54, 1.807) is 18.2 Å². The van der Waals surface area contributed by atoms with Crippen LogP contribution in [0.4, 0.5) is 4.79 Å². The van der Waals surface area contributed by atoms with Crippen molar-refractivity contribution in [1.29, 1.82) is 0 Å². The van der Waals surface area contributed by atoms with Crippen molar-refractivity contribution in [2.45, 2.75) is 6.92 Å². The Morgan fingerprint density at radius 3 is 2.57 bits per heavy atom. The van der Waals surface area contributed by atoms with Crippen LogP contribution in [0.1, 0.15) is 17.3 Å². The average molecular weight is 194 g/mol. The fourth-order valence-electron chi connectivity index (χ4n) is 0.916.